The van der Waals surface area contributed by atoms with E-state index >= 15 is 0 Å². The first-order valence-corrected chi connectivity index (χ1v) is 16.9. The lowest BCUT2D eigenvalue weighted by atomic mass is 9.85. The number of benzene rings is 3. The molecule has 1 aliphatic carbocycles. The Morgan fingerprint density at radius 1 is 1.02 bits per heavy atom. The van der Waals surface area contributed by atoms with Gasteiger partial charge in [0.15, 0.2) is 0 Å². The Morgan fingerprint density at radius 2 is 1.64 bits per heavy atom. The van der Waals surface area contributed by atoms with Crippen LogP contribution in [0.25, 0.3) is 0 Å². The van der Waals surface area contributed by atoms with Crippen LogP contribution in [0.5, 0.6) is 11.5 Å². The Morgan fingerprint density at radius 3 is 2.24 bits per heavy atom. The topological polar surface area (TPSA) is 107 Å². The summed E-state index contributed by atoms with van der Waals surface area (Å²) in [6.45, 7) is 2.49. The molecule has 0 radical (unpaired) electrons. The van der Waals surface area contributed by atoms with Crippen LogP contribution in [-0.4, -0.2) is 38.2 Å². The molecule has 0 saturated carbocycles. The second-order valence-electron chi connectivity index (χ2n) is 11.7. The standard InChI is InChI=1S/C35H39ClN2O6S/c1-23-32(43-2)19-28(20-33(23)44-3)35(40)29(18-25-16-26-6-4-5-7-27(26)17-25)22-38-15-14-24(21-38)8-13-34(39)37-45(41,42)31-11-9-30(36)10-12-31/h4-7,9-12,14-15,19-21,25,29,35,40H,8,13,16-18,22H2,1-3H3,(H,37,39)/t29-,35-/m1/s1. The maximum atomic E-state index is 12.6. The molecule has 0 saturated heterocycles. The van der Waals surface area contributed by atoms with E-state index in [1.807, 2.05) is 42.1 Å². The van der Waals surface area contributed by atoms with Gasteiger partial charge in [-0.2, -0.15) is 0 Å². The van der Waals surface area contributed by atoms with Crippen molar-refractivity contribution in [2.45, 2.75) is 56.6 Å². The van der Waals surface area contributed by atoms with E-state index in [-0.39, 0.29) is 17.2 Å². The Bertz CT molecular complexity index is 1700. The van der Waals surface area contributed by atoms with Crippen LogP contribution in [0.15, 0.2) is 84.0 Å². The van der Waals surface area contributed by atoms with E-state index in [4.69, 9.17) is 21.1 Å². The number of nitrogens with one attached hydrogen (secondary N) is 1. The quantitative estimate of drug-likeness (QED) is 0.182. The van der Waals surface area contributed by atoms with Gasteiger partial charge in [-0.05, 0) is 103 Å². The first kappa shape index (κ1) is 32.6. The van der Waals surface area contributed by atoms with Gasteiger partial charge in [0.2, 0.25) is 5.91 Å². The number of aliphatic hydroxyl groups is 1. The van der Waals surface area contributed by atoms with Gasteiger partial charge in [0, 0.05) is 41.9 Å². The number of sulfonamides is 1. The number of amides is 1. The summed E-state index contributed by atoms with van der Waals surface area (Å²) in [6, 6.07) is 19.9. The number of ether oxygens (including phenoxy) is 2. The van der Waals surface area contributed by atoms with Gasteiger partial charge in [0.25, 0.3) is 10.0 Å². The highest BCUT2D eigenvalue weighted by Crippen LogP contribution is 2.39. The number of hydrogen-bond donors (Lipinski definition) is 2. The molecule has 8 nitrogen and oxygen atoms in total. The van der Waals surface area contributed by atoms with Crippen molar-refractivity contribution < 1.29 is 27.8 Å². The summed E-state index contributed by atoms with van der Waals surface area (Å²) >= 11 is 5.85. The highest BCUT2D eigenvalue weighted by molar-refractivity contribution is 7.90. The molecule has 45 heavy (non-hydrogen) atoms. The third-order valence-corrected chi connectivity index (χ3v) is 10.2. The van der Waals surface area contributed by atoms with Crippen LogP contribution in [0.1, 0.15) is 46.8 Å². The van der Waals surface area contributed by atoms with Gasteiger partial charge in [-0.3, -0.25) is 4.79 Å². The van der Waals surface area contributed by atoms with Gasteiger partial charge in [0.05, 0.1) is 25.2 Å². The Kier molecular flexibility index (Phi) is 10.2. The molecule has 0 unspecified atom stereocenters. The van der Waals surface area contributed by atoms with E-state index in [1.54, 1.807) is 14.2 Å². The minimum Gasteiger partial charge on any atom is -0.496 e. The lowest BCUT2D eigenvalue weighted by molar-refractivity contribution is -0.119. The summed E-state index contributed by atoms with van der Waals surface area (Å²) in [5.41, 5.74) is 5.25. The molecule has 1 aliphatic rings. The molecule has 4 aromatic rings. The number of rotatable bonds is 13. The summed E-state index contributed by atoms with van der Waals surface area (Å²) in [6.07, 6.45) is 6.27. The molecular weight excluding hydrogens is 612 g/mol. The van der Waals surface area contributed by atoms with Gasteiger partial charge < -0.3 is 19.1 Å². The molecule has 1 aromatic heterocycles. The first-order chi connectivity index (χ1) is 21.6. The van der Waals surface area contributed by atoms with E-state index in [2.05, 4.69) is 29.0 Å². The largest absolute Gasteiger partial charge is 0.496 e. The van der Waals surface area contributed by atoms with Crippen molar-refractivity contribution in [3.8, 4) is 11.5 Å². The van der Waals surface area contributed by atoms with Gasteiger partial charge >= 0.3 is 0 Å². The monoisotopic (exact) mass is 650 g/mol. The molecule has 2 N–H and O–H groups in total. The van der Waals surface area contributed by atoms with Crippen molar-refractivity contribution >= 4 is 27.5 Å². The maximum Gasteiger partial charge on any atom is 0.264 e. The second-order valence-corrected chi connectivity index (χ2v) is 13.9. The predicted molar refractivity (Wildman–Crippen MR) is 174 cm³/mol. The molecule has 0 bridgehead atoms. The van der Waals surface area contributed by atoms with E-state index in [9.17, 15) is 18.3 Å². The minimum atomic E-state index is -3.98. The number of halogens is 1. The van der Waals surface area contributed by atoms with Crippen LogP contribution >= 0.6 is 11.6 Å². The highest BCUT2D eigenvalue weighted by atomic mass is 35.5. The SMILES string of the molecule is COc1cc([C@@H](O)[C@H](CC2Cc3ccccc3C2)Cn2ccc(CCC(=O)NS(=O)(=O)c3ccc(Cl)cc3)c2)cc(OC)c1C. The van der Waals surface area contributed by atoms with Gasteiger partial charge in [0.1, 0.15) is 11.5 Å². The number of aromatic nitrogens is 1. The van der Waals surface area contributed by atoms with E-state index < -0.39 is 22.0 Å². The van der Waals surface area contributed by atoms with Crippen LogP contribution in [0.4, 0.5) is 0 Å². The Labute approximate surface area is 270 Å². The summed E-state index contributed by atoms with van der Waals surface area (Å²) in [7, 11) is -0.759. The van der Waals surface area contributed by atoms with Crippen molar-refractivity contribution in [3.63, 3.8) is 0 Å². The van der Waals surface area contributed by atoms with Gasteiger partial charge in [-0.15, -0.1) is 0 Å². The number of nitrogens with zero attached hydrogens (tertiary/aromatic N) is 1. The van der Waals surface area contributed by atoms with Crippen LogP contribution in [0.3, 0.4) is 0 Å². The van der Waals surface area contributed by atoms with Crippen LogP contribution in [0.2, 0.25) is 5.02 Å². The molecule has 0 fully saturated rings. The summed E-state index contributed by atoms with van der Waals surface area (Å²) in [5, 5.41) is 12.2. The minimum absolute atomic E-state index is 0.00613. The predicted octanol–water partition coefficient (Wildman–Crippen LogP) is 6.06. The van der Waals surface area contributed by atoms with E-state index in [0.29, 0.717) is 35.4 Å². The van der Waals surface area contributed by atoms with Crippen molar-refractivity contribution in [1.29, 1.82) is 0 Å². The lowest BCUT2D eigenvalue weighted by Gasteiger charge is -2.27. The molecule has 0 spiro atoms. The molecule has 5 rings (SSSR count). The van der Waals surface area contributed by atoms with Crippen LogP contribution < -0.4 is 14.2 Å². The zero-order chi connectivity index (χ0) is 32.1. The lowest BCUT2D eigenvalue weighted by Crippen LogP contribution is -2.30. The second kappa shape index (κ2) is 14.1. The molecule has 1 amide bonds. The van der Waals surface area contributed by atoms with Crippen molar-refractivity contribution in [2.75, 3.05) is 14.2 Å². The Hall–Kier alpha value is -3.79. The number of carbonyl (C=O) groups is 1. The average Bonchev–Trinajstić information content (AvgIpc) is 3.65. The number of fused-ring (bicyclic) bond motifs is 1. The summed E-state index contributed by atoms with van der Waals surface area (Å²) in [4.78, 5) is 12.5. The van der Waals surface area contributed by atoms with E-state index in [0.717, 1.165) is 36.0 Å². The molecule has 1 heterocycles. The number of methoxy groups -OCH3 is 2. The summed E-state index contributed by atoms with van der Waals surface area (Å²) < 4.78 is 40.5. The molecule has 0 aliphatic heterocycles. The molecular formula is C35H39ClN2O6S. The van der Waals surface area contributed by atoms with Crippen LogP contribution in [0, 0.1) is 18.8 Å². The zero-order valence-corrected chi connectivity index (χ0v) is 27.3. The third kappa shape index (κ3) is 7.90. The van der Waals surface area contributed by atoms with E-state index in [1.165, 1.54) is 35.4 Å². The van der Waals surface area contributed by atoms with Crippen LogP contribution in [-0.2, 0) is 40.6 Å². The average molecular weight is 651 g/mol. The number of aliphatic hydroxyl groups excluding tert-OH is 1. The number of aryl methyl sites for hydroxylation is 1. The van der Waals surface area contributed by atoms with Crippen molar-refractivity contribution in [1.82, 2.24) is 9.29 Å². The third-order valence-electron chi connectivity index (χ3n) is 8.60. The first-order valence-electron chi connectivity index (χ1n) is 15.0. The normalized spacial score (nSPS) is 14.5. The number of hydrogen-bond acceptors (Lipinski definition) is 6. The van der Waals surface area contributed by atoms with Gasteiger partial charge in [-0.25, -0.2) is 13.1 Å². The fourth-order valence-electron chi connectivity index (χ4n) is 6.25. The summed E-state index contributed by atoms with van der Waals surface area (Å²) in [5.74, 6) is 1.02. The maximum absolute atomic E-state index is 12.6. The smallest absolute Gasteiger partial charge is 0.264 e. The molecule has 10 heteroatoms. The molecule has 2 atom stereocenters. The van der Waals surface area contributed by atoms with Crippen molar-refractivity contribution in [3.05, 3.63) is 112 Å². The molecule has 238 valence electrons. The molecule has 3 aromatic carbocycles. The number of carbonyl (C=O) groups excluding carboxylic acids is 1. The van der Waals surface area contributed by atoms with Gasteiger partial charge in [-0.1, -0.05) is 35.9 Å². The Balaban J connectivity index is 1.28. The van der Waals surface area contributed by atoms with Crippen molar-refractivity contribution in [2.24, 2.45) is 11.8 Å². The highest BCUT2D eigenvalue weighted by Gasteiger charge is 2.30. The fourth-order valence-corrected chi connectivity index (χ4v) is 7.39. The zero-order valence-electron chi connectivity index (χ0n) is 25.7. The fraction of sp³-hybridized carbons (Fsp3) is 0.343.